The number of hydrogen-bond acceptors (Lipinski definition) is 4. The molecule has 2 aromatic rings. The Kier molecular flexibility index (Phi) is 3.14. The lowest BCUT2D eigenvalue weighted by Gasteiger charge is -2.09. The molecule has 0 bridgehead atoms. The van der Waals surface area contributed by atoms with Gasteiger partial charge in [-0.15, -0.1) is 11.3 Å². The fraction of sp³-hybridized carbons (Fsp3) is 0.429. The van der Waals surface area contributed by atoms with E-state index in [1.54, 1.807) is 18.4 Å². The van der Waals surface area contributed by atoms with Gasteiger partial charge in [-0.3, -0.25) is 9.48 Å². The summed E-state index contributed by atoms with van der Waals surface area (Å²) in [5, 5.41) is 6.56. The van der Waals surface area contributed by atoms with Crippen molar-refractivity contribution in [3.8, 4) is 16.3 Å². The standard InChI is InChI=1S/C14H16N2O2S/c1-9(10-3-4-10)16-7-11(8-17)13(15-16)14-12(18-2)5-6-19-14/h5-10H,3-4H2,1-2H3. The first-order chi connectivity index (χ1) is 9.24. The minimum atomic E-state index is 0.360. The van der Waals surface area contributed by atoms with Gasteiger partial charge in [0.05, 0.1) is 23.6 Å². The van der Waals surface area contributed by atoms with Crippen LogP contribution in [0.15, 0.2) is 17.6 Å². The number of aldehydes is 1. The van der Waals surface area contributed by atoms with Gasteiger partial charge in [-0.05, 0) is 37.1 Å². The molecule has 0 N–H and O–H groups in total. The molecule has 2 heterocycles. The molecule has 0 radical (unpaired) electrons. The van der Waals surface area contributed by atoms with E-state index in [9.17, 15) is 4.79 Å². The maximum absolute atomic E-state index is 11.3. The highest BCUT2D eigenvalue weighted by molar-refractivity contribution is 7.14. The molecule has 0 aromatic carbocycles. The zero-order valence-electron chi connectivity index (χ0n) is 11.0. The van der Waals surface area contributed by atoms with Gasteiger partial charge in [-0.25, -0.2) is 0 Å². The summed E-state index contributed by atoms with van der Waals surface area (Å²) in [4.78, 5) is 12.2. The number of hydrogen-bond donors (Lipinski definition) is 0. The number of carbonyl (C=O) groups is 1. The first-order valence-corrected chi connectivity index (χ1v) is 7.28. The molecule has 19 heavy (non-hydrogen) atoms. The zero-order chi connectivity index (χ0) is 13.4. The molecule has 1 aliphatic rings. The number of thiophene rings is 1. The van der Waals surface area contributed by atoms with E-state index >= 15 is 0 Å². The van der Waals surface area contributed by atoms with Gasteiger partial charge in [-0.2, -0.15) is 5.10 Å². The molecule has 1 fully saturated rings. The maximum atomic E-state index is 11.3. The van der Waals surface area contributed by atoms with Crippen molar-refractivity contribution < 1.29 is 9.53 Å². The number of carbonyl (C=O) groups excluding carboxylic acids is 1. The number of ether oxygens (including phenoxy) is 1. The Bertz CT molecular complexity index is 598. The van der Waals surface area contributed by atoms with Gasteiger partial charge >= 0.3 is 0 Å². The SMILES string of the molecule is COc1ccsc1-c1nn(C(C)C2CC2)cc1C=O. The summed E-state index contributed by atoms with van der Waals surface area (Å²) in [6.07, 6.45) is 5.24. The van der Waals surface area contributed by atoms with Crippen LogP contribution in [-0.4, -0.2) is 23.2 Å². The quantitative estimate of drug-likeness (QED) is 0.786. The van der Waals surface area contributed by atoms with Crippen LogP contribution in [-0.2, 0) is 0 Å². The van der Waals surface area contributed by atoms with E-state index in [0.717, 1.165) is 22.6 Å². The molecule has 1 aliphatic carbocycles. The van der Waals surface area contributed by atoms with Gasteiger partial charge in [-0.1, -0.05) is 0 Å². The monoisotopic (exact) mass is 276 g/mol. The Hall–Kier alpha value is -1.62. The highest BCUT2D eigenvalue weighted by Gasteiger charge is 2.30. The average Bonchev–Trinajstić information content (AvgIpc) is 3.02. The van der Waals surface area contributed by atoms with E-state index in [1.165, 1.54) is 12.8 Å². The van der Waals surface area contributed by atoms with Gasteiger partial charge < -0.3 is 4.74 Å². The second kappa shape index (κ2) is 4.81. The Morgan fingerprint density at radius 3 is 3.00 bits per heavy atom. The molecular formula is C14H16N2O2S. The summed E-state index contributed by atoms with van der Waals surface area (Å²) < 4.78 is 7.24. The lowest BCUT2D eigenvalue weighted by Crippen LogP contribution is -2.07. The van der Waals surface area contributed by atoms with Crippen molar-refractivity contribution in [3.63, 3.8) is 0 Å². The second-order valence-electron chi connectivity index (χ2n) is 4.93. The molecule has 2 aromatic heterocycles. The van der Waals surface area contributed by atoms with Crippen LogP contribution in [0, 0.1) is 5.92 Å². The molecular weight excluding hydrogens is 260 g/mol. The minimum absolute atomic E-state index is 0.360. The lowest BCUT2D eigenvalue weighted by atomic mass is 10.2. The number of aromatic nitrogens is 2. The summed E-state index contributed by atoms with van der Waals surface area (Å²) in [5.74, 6) is 1.48. The smallest absolute Gasteiger partial charge is 0.153 e. The minimum Gasteiger partial charge on any atom is -0.495 e. The number of rotatable bonds is 5. The van der Waals surface area contributed by atoms with Crippen molar-refractivity contribution in [2.75, 3.05) is 7.11 Å². The molecule has 3 rings (SSSR count). The van der Waals surface area contributed by atoms with E-state index in [4.69, 9.17) is 4.74 Å². The van der Waals surface area contributed by atoms with Gasteiger partial charge in [0.15, 0.2) is 6.29 Å². The molecule has 5 heteroatoms. The van der Waals surface area contributed by atoms with Crippen LogP contribution in [0.3, 0.4) is 0 Å². The van der Waals surface area contributed by atoms with Crippen LogP contribution in [0.5, 0.6) is 5.75 Å². The van der Waals surface area contributed by atoms with Crippen molar-refractivity contribution in [1.82, 2.24) is 9.78 Å². The van der Waals surface area contributed by atoms with Gasteiger partial charge in [0.2, 0.25) is 0 Å². The fourth-order valence-corrected chi connectivity index (χ4v) is 3.17. The van der Waals surface area contributed by atoms with E-state index in [-0.39, 0.29) is 0 Å². The van der Waals surface area contributed by atoms with E-state index in [2.05, 4.69) is 12.0 Å². The zero-order valence-corrected chi connectivity index (χ0v) is 11.8. The van der Waals surface area contributed by atoms with Gasteiger partial charge in [0.1, 0.15) is 11.4 Å². The van der Waals surface area contributed by atoms with Crippen LogP contribution in [0.2, 0.25) is 0 Å². The van der Waals surface area contributed by atoms with E-state index in [0.29, 0.717) is 17.5 Å². The maximum Gasteiger partial charge on any atom is 0.153 e. The number of nitrogens with zero attached hydrogens (tertiary/aromatic N) is 2. The molecule has 1 unspecified atom stereocenters. The average molecular weight is 276 g/mol. The molecule has 0 aliphatic heterocycles. The first kappa shape index (κ1) is 12.4. The predicted octanol–water partition coefficient (Wildman–Crippen LogP) is 3.40. The van der Waals surface area contributed by atoms with Crippen LogP contribution in [0.4, 0.5) is 0 Å². The summed E-state index contributed by atoms with van der Waals surface area (Å²) in [7, 11) is 1.63. The first-order valence-electron chi connectivity index (χ1n) is 6.40. The molecule has 0 saturated heterocycles. The summed E-state index contributed by atoms with van der Waals surface area (Å²) >= 11 is 1.55. The predicted molar refractivity (Wildman–Crippen MR) is 74.9 cm³/mol. The highest BCUT2D eigenvalue weighted by atomic mass is 32.1. The Morgan fingerprint density at radius 1 is 1.58 bits per heavy atom. The Balaban J connectivity index is 2.02. The van der Waals surface area contributed by atoms with Crippen molar-refractivity contribution in [1.29, 1.82) is 0 Å². The van der Waals surface area contributed by atoms with Crippen molar-refractivity contribution in [3.05, 3.63) is 23.2 Å². The van der Waals surface area contributed by atoms with Crippen molar-refractivity contribution in [2.45, 2.75) is 25.8 Å². The van der Waals surface area contributed by atoms with Crippen LogP contribution >= 0.6 is 11.3 Å². The lowest BCUT2D eigenvalue weighted by molar-refractivity contribution is 0.112. The third kappa shape index (κ3) is 2.18. The summed E-state index contributed by atoms with van der Waals surface area (Å²) in [6, 6.07) is 2.26. The third-order valence-electron chi connectivity index (χ3n) is 3.67. The van der Waals surface area contributed by atoms with Crippen molar-refractivity contribution in [2.24, 2.45) is 5.92 Å². The Labute approximate surface area is 116 Å². The largest absolute Gasteiger partial charge is 0.495 e. The Morgan fingerprint density at radius 2 is 2.37 bits per heavy atom. The summed E-state index contributed by atoms with van der Waals surface area (Å²) in [6.45, 7) is 2.16. The second-order valence-corrected chi connectivity index (χ2v) is 5.84. The molecule has 1 atom stereocenters. The molecule has 4 nitrogen and oxygen atoms in total. The van der Waals surface area contributed by atoms with Gasteiger partial charge in [0, 0.05) is 6.20 Å². The molecule has 0 amide bonds. The topological polar surface area (TPSA) is 44.1 Å². The normalized spacial score (nSPS) is 16.3. The van der Waals surface area contributed by atoms with Gasteiger partial charge in [0.25, 0.3) is 0 Å². The van der Waals surface area contributed by atoms with Crippen LogP contribution in [0.1, 0.15) is 36.2 Å². The summed E-state index contributed by atoms with van der Waals surface area (Å²) in [5.41, 5.74) is 1.36. The number of methoxy groups -OCH3 is 1. The van der Waals surface area contributed by atoms with Crippen LogP contribution < -0.4 is 4.74 Å². The molecule has 1 saturated carbocycles. The molecule has 0 spiro atoms. The fourth-order valence-electron chi connectivity index (χ4n) is 2.30. The third-order valence-corrected chi connectivity index (χ3v) is 4.58. The van der Waals surface area contributed by atoms with E-state index in [1.807, 2.05) is 22.3 Å². The van der Waals surface area contributed by atoms with Crippen LogP contribution in [0.25, 0.3) is 10.6 Å². The molecule has 100 valence electrons. The van der Waals surface area contributed by atoms with E-state index < -0.39 is 0 Å². The van der Waals surface area contributed by atoms with Crippen molar-refractivity contribution >= 4 is 17.6 Å². The highest BCUT2D eigenvalue weighted by Crippen LogP contribution is 2.41.